The summed E-state index contributed by atoms with van der Waals surface area (Å²) in [6.07, 6.45) is 3.65. The van der Waals surface area contributed by atoms with Crippen LogP contribution in [-0.2, 0) is 4.79 Å². The molecule has 1 amide bonds. The van der Waals surface area contributed by atoms with Gasteiger partial charge in [0.1, 0.15) is 5.75 Å². The molecule has 1 fully saturated rings. The molecule has 0 aliphatic carbocycles. The average Bonchev–Trinajstić information content (AvgIpc) is 2.98. The van der Waals surface area contributed by atoms with Crippen molar-refractivity contribution in [2.45, 2.75) is 45.6 Å². The molecule has 1 aromatic carbocycles. The summed E-state index contributed by atoms with van der Waals surface area (Å²) in [4.78, 5) is 11.7. The van der Waals surface area contributed by atoms with Crippen LogP contribution in [0.25, 0.3) is 0 Å². The van der Waals surface area contributed by atoms with E-state index >= 15 is 0 Å². The molecule has 116 valence electrons. The lowest BCUT2D eigenvalue weighted by Gasteiger charge is -2.12. The van der Waals surface area contributed by atoms with Crippen LogP contribution in [-0.4, -0.2) is 31.6 Å². The van der Waals surface area contributed by atoms with Crippen molar-refractivity contribution in [3.8, 4) is 5.75 Å². The second-order valence-electron chi connectivity index (χ2n) is 5.80. The molecule has 0 spiro atoms. The molecule has 1 saturated heterocycles. The van der Waals surface area contributed by atoms with Gasteiger partial charge in [0.05, 0.1) is 6.61 Å². The highest BCUT2D eigenvalue weighted by atomic mass is 16.5. The van der Waals surface area contributed by atoms with E-state index in [1.165, 1.54) is 17.5 Å². The van der Waals surface area contributed by atoms with Crippen LogP contribution in [0.3, 0.4) is 0 Å². The van der Waals surface area contributed by atoms with Gasteiger partial charge in [-0.3, -0.25) is 4.79 Å². The van der Waals surface area contributed by atoms with Crippen LogP contribution in [0.4, 0.5) is 0 Å². The molecular formula is C17H26N2O2. The van der Waals surface area contributed by atoms with E-state index in [0.717, 1.165) is 31.7 Å². The number of benzene rings is 1. The monoisotopic (exact) mass is 290 g/mol. The van der Waals surface area contributed by atoms with Gasteiger partial charge in [0.2, 0.25) is 5.91 Å². The van der Waals surface area contributed by atoms with Gasteiger partial charge in [-0.1, -0.05) is 6.07 Å². The molecule has 1 heterocycles. The van der Waals surface area contributed by atoms with Crippen LogP contribution in [0.1, 0.15) is 36.8 Å². The van der Waals surface area contributed by atoms with Crippen molar-refractivity contribution in [2.24, 2.45) is 0 Å². The Kier molecular flexibility index (Phi) is 6.05. The second kappa shape index (κ2) is 8.03. The number of rotatable bonds is 7. The van der Waals surface area contributed by atoms with Gasteiger partial charge in [-0.2, -0.15) is 0 Å². The van der Waals surface area contributed by atoms with Crippen molar-refractivity contribution in [3.05, 3.63) is 29.3 Å². The Morgan fingerprint density at radius 3 is 2.95 bits per heavy atom. The fraction of sp³-hybridized carbons (Fsp3) is 0.588. The predicted molar refractivity (Wildman–Crippen MR) is 84.7 cm³/mol. The third-order valence-electron chi connectivity index (χ3n) is 4.00. The minimum atomic E-state index is 0.118. The lowest BCUT2D eigenvalue weighted by atomic mass is 10.1. The number of hydrogen-bond acceptors (Lipinski definition) is 3. The fourth-order valence-electron chi connectivity index (χ4n) is 2.48. The van der Waals surface area contributed by atoms with Crippen molar-refractivity contribution < 1.29 is 9.53 Å². The standard InChI is InChI=1S/C17H26N2O2/c1-13-7-8-16(11-14(13)2)21-10-4-6-17(20)19-12-15-5-3-9-18-15/h7-8,11,15,18H,3-6,9-10,12H2,1-2H3,(H,19,20). The molecule has 0 radical (unpaired) electrons. The maximum absolute atomic E-state index is 11.7. The van der Waals surface area contributed by atoms with Crippen LogP contribution < -0.4 is 15.4 Å². The van der Waals surface area contributed by atoms with Gasteiger partial charge >= 0.3 is 0 Å². The molecule has 21 heavy (non-hydrogen) atoms. The van der Waals surface area contributed by atoms with E-state index < -0.39 is 0 Å². The number of carbonyl (C=O) groups is 1. The summed E-state index contributed by atoms with van der Waals surface area (Å²) in [6.45, 7) is 6.56. The normalized spacial score (nSPS) is 17.7. The molecule has 1 aromatic rings. The Labute approximate surface area is 127 Å². The van der Waals surface area contributed by atoms with Gasteiger partial charge in [-0.25, -0.2) is 0 Å². The quantitative estimate of drug-likeness (QED) is 0.758. The van der Waals surface area contributed by atoms with Gasteiger partial charge in [0.15, 0.2) is 0 Å². The molecule has 2 N–H and O–H groups in total. The largest absolute Gasteiger partial charge is 0.494 e. The molecule has 4 heteroatoms. The summed E-state index contributed by atoms with van der Waals surface area (Å²) < 4.78 is 5.68. The summed E-state index contributed by atoms with van der Waals surface area (Å²) in [6, 6.07) is 6.54. The smallest absolute Gasteiger partial charge is 0.220 e. The van der Waals surface area contributed by atoms with E-state index in [-0.39, 0.29) is 5.91 Å². The van der Waals surface area contributed by atoms with E-state index in [9.17, 15) is 4.79 Å². The minimum Gasteiger partial charge on any atom is -0.494 e. The Morgan fingerprint density at radius 1 is 1.38 bits per heavy atom. The molecule has 0 aromatic heterocycles. The first-order valence-corrected chi connectivity index (χ1v) is 7.85. The first-order valence-electron chi connectivity index (χ1n) is 7.85. The fourth-order valence-corrected chi connectivity index (χ4v) is 2.48. The second-order valence-corrected chi connectivity index (χ2v) is 5.80. The van der Waals surface area contributed by atoms with Crippen molar-refractivity contribution in [3.63, 3.8) is 0 Å². The maximum Gasteiger partial charge on any atom is 0.220 e. The van der Waals surface area contributed by atoms with Crippen LogP contribution >= 0.6 is 0 Å². The number of nitrogens with one attached hydrogen (secondary N) is 2. The minimum absolute atomic E-state index is 0.118. The molecule has 0 bridgehead atoms. The van der Waals surface area contributed by atoms with Crippen molar-refractivity contribution in [2.75, 3.05) is 19.7 Å². The lowest BCUT2D eigenvalue weighted by Crippen LogP contribution is -2.37. The van der Waals surface area contributed by atoms with Crippen LogP contribution in [0.5, 0.6) is 5.75 Å². The third kappa shape index (κ3) is 5.38. The Bertz CT molecular complexity index is 468. The Hall–Kier alpha value is -1.55. The summed E-state index contributed by atoms with van der Waals surface area (Å²) in [5.41, 5.74) is 2.50. The average molecular weight is 290 g/mol. The van der Waals surface area contributed by atoms with E-state index in [2.05, 4.69) is 30.5 Å². The number of amides is 1. The first-order chi connectivity index (χ1) is 10.1. The number of carbonyl (C=O) groups excluding carboxylic acids is 1. The highest BCUT2D eigenvalue weighted by Crippen LogP contribution is 2.16. The Morgan fingerprint density at radius 2 is 2.24 bits per heavy atom. The van der Waals surface area contributed by atoms with Gasteiger partial charge < -0.3 is 15.4 Å². The molecule has 1 aliphatic rings. The summed E-state index contributed by atoms with van der Waals surface area (Å²) >= 11 is 0. The number of aryl methyl sites for hydroxylation is 2. The van der Waals surface area contributed by atoms with Crippen LogP contribution in [0.15, 0.2) is 18.2 Å². The Balaban J connectivity index is 1.58. The van der Waals surface area contributed by atoms with Crippen LogP contribution in [0.2, 0.25) is 0 Å². The lowest BCUT2D eigenvalue weighted by molar-refractivity contribution is -0.121. The van der Waals surface area contributed by atoms with Gasteiger partial charge in [0, 0.05) is 19.0 Å². The zero-order valence-electron chi connectivity index (χ0n) is 13.1. The molecule has 4 nitrogen and oxygen atoms in total. The molecule has 0 saturated carbocycles. The van der Waals surface area contributed by atoms with Crippen LogP contribution in [0, 0.1) is 13.8 Å². The molecular weight excluding hydrogens is 264 g/mol. The predicted octanol–water partition coefficient (Wildman–Crippen LogP) is 2.33. The first kappa shape index (κ1) is 15.8. The van der Waals surface area contributed by atoms with Gasteiger partial charge in [-0.15, -0.1) is 0 Å². The van der Waals surface area contributed by atoms with Crippen molar-refractivity contribution in [1.82, 2.24) is 10.6 Å². The number of ether oxygens (including phenoxy) is 1. The topological polar surface area (TPSA) is 50.4 Å². The SMILES string of the molecule is Cc1ccc(OCCCC(=O)NCC2CCCN2)cc1C. The van der Waals surface area contributed by atoms with Crippen molar-refractivity contribution >= 4 is 5.91 Å². The van der Waals surface area contributed by atoms with E-state index in [1.54, 1.807) is 0 Å². The zero-order chi connectivity index (χ0) is 15.1. The molecule has 1 unspecified atom stereocenters. The highest BCUT2D eigenvalue weighted by molar-refractivity contribution is 5.75. The molecule has 2 rings (SSSR count). The molecule has 1 aliphatic heterocycles. The maximum atomic E-state index is 11.7. The zero-order valence-corrected chi connectivity index (χ0v) is 13.1. The van der Waals surface area contributed by atoms with E-state index in [1.807, 2.05) is 12.1 Å². The summed E-state index contributed by atoms with van der Waals surface area (Å²) in [5.74, 6) is 1.00. The molecule has 1 atom stereocenters. The summed E-state index contributed by atoms with van der Waals surface area (Å²) in [5, 5.41) is 6.35. The number of hydrogen-bond donors (Lipinski definition) is 2. The van der Waals surface area contributed by atoms with E-state index in [4.69, 9.17) is 4.74 Å². The van der Waals surface area contributed by atoms with Gasteiger partial charge in [0.25, 0.3) is 0 Å². The third-order valence-corrected chi connectivity index (χ3v) is 4.00. The van der Waals surface area contributed by atoms with Crippen molar-refractivity contribution in [1.29, 1.82) is 0 Å². The van der Waals surface area contributed by atoms with E-state index in [0.29, 0.717) is 19.1 Å². The highest BCUT2D eigenvalue weighted by Gasteiger charge is 2.14. The summed E-state index contributed by atoms with van der Waals surface area (Å²) in [7, 11) is 0. The van der Waals surface area contributed by atoms with Gasteiger partial charge in [-0.05, 0) is 62.9 Å².